The van der Waals surface area contributed by atoms with Crippen molar-refractivity contribution in [3.05, 3.63) is 95.9 Å². The van der Waals surface area contributed by atoms with Crippen molar-refractivity contribution in [2.75, 3.05) is 6.61 Å². The van der Waals surface area contributed by atoms with Crippen LogP contribution in [0.2, 0.25) is 0 Å². The molecule has 0 bridgehead atoms. The van der Waals surface area contributed by atoms with Crippen molar-refractivity contribution in [3.63, 3.8) is 0 Å². The summed E-state index contributed by atoms with van der Waals surface area (Å²) in [4.78, 5) is 24.7. The van der Waals surface area contributed by atoms with E-state index >= 15 is 0 Å². The first-order valence-corrected chi connectivity index (χ1v) is 11.7. The summed E-state index contributed by atoms with van der Waals surface area (Å²) < 4.78 is 12.7. The Bertz CT molecular complexity index is 1220. The van der Waals surface area contributed by atoms with Gasteiger partial charge >= 0.3 is 0 Å². The van der Waals surface area contributed by atoms with Crippen LogP contribution in [0.1, 0.15) is 28.4 Å². The van der Waals surface area contributed by atoms with Gasteiger partial charge in [-0.25, -0.2) is 0 Å². The van der Waals surface area contributed by atoms with Crippen LogP contribution in [0.25, 0.3) is 6.08 Å². The van der Waals surface area contributed by atoms with Crippen LogP contribution in [0, 0.1) is 13.7 Å². The van der Waals surface area contributed by atoms with E-state index in [9.17, 15) is 14.9 Å². The highest BCUT2D eigenvalue weighted by Crippen LogP contribution is 2.42. The van der Waals surface area contributed by atoms with Crippen molar-refractivity contribution in [1.82, 2.24) is 0 Å². The molecule has 0 saturated carbocycles. The number of nitro benzene ring substituents is 1. The maximum absolute atomic E-state index is 12.7. The van der Waals surface area contributed by atoms with E-state index in [0.717, 1.165) is 25.2 Å². The molecule has 0 saturated heterocycles. The first-order valence-electron chi connectivity index (χ1n) is 9.82. The average Bonchev–Trinajstić information content (AvgIpc) is 3.09. The van der Waals surface area contributed by atoms with Gasteiger partial charge in [0.2, 0.25) is 5.78 Å². The summed E-state index contributed by atoms with van der Waals surface area (Å²) in [6.07, 6.45) is 1.87. The average molecular weight is 559 g/mol. The van der Waals surface area contributed by atoms with E-state index in [1.165, 1.54) is 23.9 Å². The molecule has 0 radical (unpaired) electrons. The lowest BCUT2D eigenvalue weighted by Crippen LogP contribution is -2.02. The van der Waals surface area contributed by atoms with E-state index in [2.05, 4.69) is 22.6 Å². The third-order valence-electron chi connectivity index (χ3n) is 4.74. The molecule has 0 fully saturated rings. The number of halogens is 1. The molecule has 0 unspecified atom stereocenters. The molecule has 3 aromatic rings. The molecule has 162 valence electrons. The van der Waals surface area contributed by atoms with E-state index in [4.69, 9.17) is 9.47 Å². The van der Waals surface area contributed by atoms with Gasteiger partial charge in [-0.05, 0) is 83.1 Å². The molecule has 3 aromatic carbocycles. The summed E-state index contributed by atoms with van der Waals surface area (Å²) in [7, 11) is 0. The maximum atomic E-state index is 12.7. The molecule has 8 heteroatoms. The number of carbonyl (C=O) groups is 1. The summed E-state index contributed by atoms with van der Waals surface area (Å²) in [5.41, 5.74) is 2.43. The largest absolute Gasteiger partial charge is 0.490 e. The summed E-state index contributed by atoms with van der Waals surface area (Å²) in [6, 6.07) is 17.6. The Morgan fingerprint density at radius 1 is 1.09 bits per heavy atom. The summed E-state index contributed by atoms with van der Waals surface area (Å²) in [5.74, 6) is 1.21. The van der Waals surface area contributed by atoms with Gasteiger partial charge in [0.05, 0.1) is 20.0 Å². The number of fused-ring (bicyclic) bond motifs is 1. The van der Waals surface area contributed by atoms with Crippen LogP contribution in [0.15, 0.2) is 70.5 Å². The van der Waals surface area contributed by atoms with Crippen molar-refractivity contribution in [3.8, 4) is 11.5 Å². The van der Waals surface area contributed by atoms with Gasteiger partial charge in [-0.1, -0.05) is 23.9 Å². The third-order valence-corrected chi connectivity index (χ3v) is 6.64. The molecule has 32 heavy (non-hydrogen) atoms. The Hall–Kier alpha value is -2.85. The molecule has 4 rings (SSSR count). The van der Waals surface area contributed by atoms with Crippen LogP contribution in [-0.2, 0) is 6.61 Å². The fourth-order valence-electron chi connectivity index (χ4n) is 3.23. The number of ether oxygens (including phenoxy) is 2. The molecule has 1 aliphatic heterocycles. The van der Waals surface area contributed by atoms with E-state index in [0.29, 0.717) is 23.0 Å². The Labute approximate surface area is 202 Å². The second-order valence-corrected chi connectivity index (χ2v) is 9.16. The Morgan fingerprint density at radius 3 is 2.53 bits per heavy atom. The van der Waals surface area contributed by atoms with E-state index in [-0.39, 0.29) is 18.1 Å². The van der Waals surface area contributed by atoms with Gasteiger partial charge < -0.3 is 9.47 Å². The number of Topliss-reactive ketones (excluding diaryl/α,β-unsaturated/α-hetero) is 1. The predicted octanol–water partition coefficient (Wildman–Crippen LogP) is 6.51. The van der Waals surface area contributed by atoms with Crippen LogP contribution in [-0.4, -0.2) is 17.3 Å². The van der Waals surface area contributed by atoms with Crippen LogP contribution in [0.3, 0.4) is 0 Å². The van der Waals surface area contributed by atoms with E-state index in [1.807, 2.05) is 49.4 Å². The van der Waals surface area contributed by atoms with Gasteiger partial charge in [0, 0.05) is 22.6 Å². The summed E-state index contributed by atoms with van der Waals surface area (Å²) >= 11 is 3.65. The standard InChI is InChI=1S/C24H18INO5S/c1-2-30-20-12-16(13-22-23(27)18-5-3-4-6-21(18)32-22)11-19(25)24(20)31-14-15-7-9-17(10-8-15)26(28)29/h3-13H,2,14H2,1H3/b22-13-. The number of nitrogens with zero attached hydrogens (tertiary/aromatic N) is 1. The number of carbonyl (C=O) groups excluding carboxylic acids is 1. The molecule has 1 heterocycles. The predicted molar refractivity (Wildman–Crippen MR) is 132 cm³/mol. The number of non-ortho nitro benzene ring substituents is 1. The van der Waals surface area contributed by atoms with Gasteiger partial charge in [0.1, 0.15) is 6.61 Å². The van der Waals surface area contributed by atoms with Crippen molar-refractivity contribution in [2.24, 2.45) is 0 Å². The number of allylic oxidation sites excluding steroid dienone is 1. The second kappa shape index (κ2) is 9.74. The van der Waals surface area contributed by atoms with Crippen LogP contribution >= 0.6 is 34.4 Å². The molecule has 0 aromatic heterocycles. The molecule has 0 spiro atoms. The minimum Gasteiger partial charge on any atom is -0.490 e. The molecule has 0 aliphatic carbocycles. The van der Waals surface area contributed by atoms with E-state index < -0.39 is 4.92 Å². The highest BCUT2D eigenvalue weighted by Gasteiger charge is 2.25. The highest BCUT2D eigenvalue weighted by molar-refractivity contribution is 14.1. The topological polar surface area (TPSA) is 78.7 Å². The minimum atomic E-state index is -0.431. The molecule has 0 atom stereocenters. The van der Waals surface area contributed by atoms with Gasteiger partial charge in [-0.2, -0.15) is 0 Å². The number of thioether (sulfide) groups is 1. The second-order valence-electron chi connectivity index (χ2n) is 6.91. The SMILES string of the molecule is CCOc1cc(/C=C2\Sc3ccccc3C2=O)cc(I)c1OCc1ccc([N+](=O)[O-])cc1. The Morgan fingerprint density at radius 2 is 1.84 bits per heavy atom. The zero-order valence-electron chi connectivity index (χ0n) is 17.0. The number of benzene rings is 3. The first kappa shape index (κ1) is 22.3. The normalized spacial score (nSPS) is 13.8. The van der Waals surface area contributed by atoms with Crippen LogP contribution < -0.4 is 9.47 Å². The van der Waals surface area contributed by atoms with Crippen molar-refractivity contribution in [1.29, 1.82) is 0 Å². The van der Waals surface area contributed by atoms with E-state index in [1.54, 1.807) is 12.1 Å². The number of rotatable bonds is 7. The molecule has 0 amide bonds. The zero-order chi connectivity index (χ0) is 22.7. The van der Waals surface area contributed by atoms with Crippen molar-refractivity contribution in [2.45, 2.75) is 18.4 Å². The Kier molecular flexibility index (Phi) is 6.80. The molecule has 6 nitrogen and oxygen atoms in total. The molecule has 0 N–H and O–H groups in total. The number of ketones is 1. The van der Waals surface area contributed by atoms with Crippen LogP contribution in [0.5, 0.6) is 11.5 Å². The lowest BCUT2D eigenvalue weighted by atomic mass is 10.1. The quantitative estimate of drug-likeness (QED) is 0.142. The van der Waals surface area contributed by atoms with Crippen molar-refractivity contribution < 1.29 is 19.2 Å². The molecular formula is C24H18INO5S. The maximum Gasteiger partial charge on any atom is 0.269 e. The lowest BCUT2D eigenvalue weighted by Gasteiger charge is -2.15. The third kappa shape index (κ3) is 4.81. The van der Waals surface area contributed by atoms with Gasteiger partial charge in [-0.15, -0.1) is 0 Å². The number of hydrogen-bond acceptors (Lipinski definition) is 6. The molecular weight excluding hydrogens is 541 g/mol. The van der Waals surface area contributed by atoms with Crippen LogP contribution in [0.4, 0.5) is 5.69 Å². The summed E-state index contributed by atoms with van der Waals surface area (Å²) in [5, 5.41) is 10.8. The highest BCUT2D eigenvalue weighted by atomic mass is 127. The van der Waals surface area contributed by atoms with Gasteiger partial charge in [-0.3, -0.25) is 14.9 Å². The minimum absolute atomic E-state index is 0.0251. The van der Waals surface area contributed by atoms with Gasteiger partial charge in [0.15, 0.2) is 11.5 Å². The molecule has 1 aliphatic rings. The monoisotopic (exact) mass is 559 g/mol. The fraction of sp³-hybridized carbons (Fsp3) is 0.125. The fourth-order valence-corrected chi connectivity index (χ4v) is 5.06. The number of nitro groups is 1. The summed E-state index contributed by atoms with van der Waals surface area (Å²) in [6.45, 7) is 2.60. The Balaban J connectivity index is 1.57. The smallest absolute Gasteiger partial charge is 0.269 e. The first-order chi connectivity index (χ1) is 15.5. The number of hydrogen-bond donors (Lipinski definition) is 0. The van der Waals surface area contributed by atoms with Gasteiger partial charge in [0.25, 0.3) is 5.69 Å². The lowest BCUT2D eigenvalue weighted by molar-refractivity contribution is -0.384. The zero-order valence-corrected chi connectivity index (χ0v) is 20.0. The van der Waals surface area contributed by atoms with Crippen molar-refractivity contribution >= 4 is 51.9 Å².